The Bertz CT molecular complexity index is 187. The van der Waals surface area contributed by atoms with Crippen molar-refractivity contribution in [1.82, 2.24) is 0 Å². The molecule has 1 nitrogen and oxygen atoms in total. The standard InChI is InChI=1S/C7H8N.CH3.Sn/c8-6-7-4-2-1-3-5-7;;/h1-4H,6,8H2;1H3;/q;;+2. The summed E-state index contributed by atoms with van der Waals surface area (Å²) < 4.78 is 1.54. The summed E-state index contributed by atoms with van der Waals surface area (Å²) in [7, 11) is 0. The van der Waals surface area contributed by atoms with Gasteiger partial charge in [-0.05, 0) is 0 Å². The third kappa shape index (κ3) is 1.73. The van der Waals surface area contributed by atoms with Crippen molar-refractivity contribution < 1.29 is 0 Å². The van der Waals surface area contributed by atoms with E-state index in [4.69, 9.17) is 5.73 Å². The molecule has 2 heteroatoms. The van der Waals surface area contributed by atoms with Crippen LogP contribution in [0.4, 0.5) is 0 Å². The SMILES string of the molecule is [CH3][Sn+2][c]1ccccc1CN. The first-order valence-electron chi connectivity index (χ1n) is 3.34. The van der Waals surface area contributed by atoms with E-state index in [1.165, 1.54) is 9.14 Å². The quantitative estimate of drug-likeness (QED) is 0.749. The molecular formula is C8H11NSn+2. The molecule has 2 N–H and O–H groups in total. The van der Waals surface area contributed by atoms with Gasteiger partial charge in [-0.25, -0.2) is 0 Å². The van der Waals surface area contributed by atoms with Gasteiger partial charge in [0.2, 0.25) is 0 Å². The van der Waals surface area contributed by atoms with Crippen LogP contribution in [-0.2, 0) is 6.54 Å². The Kier molecular flexibility index (Phi) is 3.22. The van der Waals surface area contributed by atoms with Gasteiger partial charge in [0.1, 0.15) is 0 Å². The monoisotopic (exact) mass is 241 g/mol. The van der Waals surface area contributed by atoms with Gasteiger partial charge in [-0.15, -0.1) is 0 Å². The fraction of sp³-hybridized carbons (Fsp3) is 0.250. The first kappa shape index (κ1) is 8.08. The van der Waals surface area contributed by atoms with Crippen molar-refractivity contribution in [2.75, 3.05) is 0 Å². The van der Waals surface area contributed by atoms with Gasteiger partial charge in [0.05, 0.1) is 0 Å². The Morgan fingerprint density at radius 3 is 2.60 bits per heavy atom. The van der Waals surface area contributed by atoms with Crippen molar-refractivity contribution in [1.29, 1.82) is 0 Å². The summed E-state index contributed by atoms with van der Waals surface area (Å²) in [5, 5.41) is 0. The van der Waals surface area contributed by atoms with Crippen molar-refractivity contribution >= 4 is 24.7 Å². The fourth-order valence-electron chi connectivity index (χ4n) is 0.942. The molecule has 0 aromatic heterocycles. The normalized spacial score (nSPS) is 9.00. The molecule has 0 bridgehead atoms. The second kappa shape index (κ2) is 3.98. The van der Waals surface area contributed by atoms with Gasteiger partial charge >= 0.3 is 71.8 Å². The van der Waals surface area contributed by atoms with Crippen LogP contribution < -0.4 is 9.31 Å². The Morgan fingerprint density at radius 2 is 2.10 bits per heavy atom. The summed E-state index contributed by atoms with van der Waals surface area (Å²) in [5.74, 6) is 0. The number of hydrogen-bond acceptors (Lipinski definition) is 1. The molecular weight excluding hydrogens is 229 g/mol. The number of nitrogens with two attached hydrogens (primary N) is 1. The molecule has 0 unspecified atom stereocenters. The summed E-state index contributed by atoms with van der Waals surface area (Å²) >= 11 is -0.276. The first-order valence-corrected chi connectivity index (χ1v) is 7.62. The topological polar surface area (TPSA) is 26.0 Å². The van der Waals surface area contributed by atoms with Crippen LogP contribution in [0.5, 0.6) is 0 Å². The van der Waals surface area contributed by atoms with Crippen LogP contribution in [0.1, 0.15) is 5.56 Å². The van der Waals surface area contributed by atoms with Gasteiger partial charge < -0.3 is 0 Å². The molecule has 0 aliphatic heterocycles. The van der Waals surface area contributed by atoms with E-state index in [2.05, 4.69) is 29.2 Å². The van der Waals surface area contributed by atoms with E-state index >= 15 is 0 Å². The third-order valence-corrected chi connectivity index (χ3v) is 4.44. The molecule has 0 aliphatic carbocycles. The van der Waals surface area contributed by atoms with Gasteiger partial charge in [-0.3, -0.25) is 0 Å². The minimum atomic E-state index is -0.276. The van der Waals surface area contributed by atoms with Crippen molar-refractivity contribution in [2.45, 2.75) is 11.5 Å². The molecule has 0 heterocycles. The van der Waals surface area contributed by atoms with E-state index in [9.17, 15) is 0 Å². The molecule has 1 rings (SSSR count). The van der Waals surface area contributed by atoms with Crippen molar-refractivity contribution in [3.63, 3.8) is 0 Å². The second-order valence-electron chi connectivity index (χ2n) is 2.11. The van der Waals surface area contributed by atoms with Crippen LogP contribution in [-0.4, -0.2) is 21.1 Å². The van der Waals surface area contributed by atoms with Gasteiger partial charge in [0.25, 0.3) is 0 Å². The average molecular weight is 240 g/mol. The van der Waals surface area contributed by atoms with Gasteiger partial charge in [-0.1, -0.05) is 0 Å². The van der Waals surface area contributed by atoms with Crippen molar-refractivity contribution in [3.8, 4) is 0 Å². The molecule has 1 aromatic carbocycles. The van der Waals surface area contributed by atoms with Crippen LogP contribution >= 0.6 is 0 Å². The predicted molar refractivity (Wildman–Crippen MR) is 45.6 cm³/mol. The fourth-order valence-corrected chi connectivity index (χ4v) is 3.14. The van der Waals surface area contributed by atoms with Crippen LogP contribution in [0.3, 0.4) is 0 Å². The van der Waals surface area contributed by atoms with E-state index in [0.717, 1.165) is 0 Å². The summed E-state index contributed by atoms with van der Waals surface area (Å²) in [4.78, 5) is 2.32. The summed E-state index contributed by atoms with van der Waals surface area (Å²) in [5.41, 5.74) is 6.90. The Hall–Kier alpha value is -0.0213. The molecule has 0 saturated carbocycles. The second-order valence-corrected chi connectivity index (χ2v) is 5.08. The number of rotatable bonds is 2. The van der Waals surface area contributed by atoms with Gasteiger partial charge in [0, 0.05) is 0 Å². The number of hydrogen-bond donors (Lipinski definition) is 1. The maximum absolute atomic E-state index is 5.55. The molecule has 50 valence electrons. The molecule has 0 fully saturated rings. The summed E-state index contributed by atoms with van der Waals surface area (Å²) in [6.45, 7) is 0.699. The summed E-state index contributed by atoms with van der Waals surface area (Å²) in [6, 6.07) is 8.48. The van der Waals surface area contributed by atoms with Gasteiger partial charge in [0.15, 0.2) is 0 Å². The van der Waals surface area contributed by atoms with Crippen LogP contribution in [0.25, 0.3) is 0 Å². The summed E-state index contributed by atoms with van der Waals surface area (Å²) in [6.07, 6.45) is 0. The van der Waals surface area contributed by atoms with Crippen LogP contribution in [0.15, 0.2) is 24.3 Å². The molecule has 10 heavy (non-hydrogen) atoms. The molecule has 1 aromatic rings. The Labute approximate surface area is 71.8 Å². The molecule has 0 amide bonds. The van der Waals surface area contributed by atoms with Gasteiger partial charge in [-0.2, -0.15) is 0 Å². The van der Waals surface area contributed by atoms with Crippen molar-refractivity contribution in [2.24, 2.45) is 5.73 Å². The molecule has 0 atom stereocenters. The van der Waals surface area contributed by atoms with E-state index in [-0.39, 0.29) is 21.1 Å². The van der Waals surface area contributed by atoms with E-state index < -0.39 is 0 Å². The Balaban J connectivity index is 2.96. The first-order chi connectivity index (χ1) is 4.88. The predicted octanol–water partition coefficient (Wildman–Crippen LogP) is 0.523. The van der Waals surface area contributed by atoms with E-state index in [1.54, 1.807) is 0 Å². The molecule has 0 radical (unpaired) electrons. The zero-order valence-corrected chi connectivity index (χ0v) is 8.95. The van der Waals surface area contributed by atoms with Crippen molar-refractivity contribution in [3.05, 3.63) is 29.8 Å². The Morgan fingerprint density at radius 1 is 1.40 bits per heavy atom. The molecule has 0 aliphatic rings. The van der Waals surface area contributed by atoms with E-state index in [0.29, 0.717) is 6.54 Å². The zero-order chi connectivity index (χ0) is 7.40. The third-order valence-electron chi connectivity index (χ3n) is 1.51. The number of benzene rings is 1. The average Bonchev–Trinajstić information content (AvgIpc) is 2.04. The molecule has 0 saturated heterocycles. The van der Waals surface area contributed by atoms with Crippen LogP contribution in [0, 0.1) is 0 Å². The zero-order valence-electron chi connectivity index (χ0n) is 6.09. The molecule has 0 spiro atoms. The maximum atomic E-state index is 5.55. The van der Waals surface area contributed by atoms with E-state index in [1.807, 2.05) is 0 Å². The van der Waals surface area contributed by atoms with Crippen LogP contribution in [0.2, 0.25) is 4.94 Å². The minimum absolute atomic E-state index is 0.276.